The Bertz CT molecular complexity index is 225. The van der Waals surface area contributed by atoms with Crippen molar-refractivity contribution in [1.82, 2.24) is 10.2 Å². The van der Waals surface area contributed by atoms with Crippen molar-refractivity contribution in [3.8, 4) is 0 Å². The van der Waals surface area contributed by atoms with Crippen molar-refractivity contribution in [1.29, 1.82) is 0 Å². The normalized spacial score (nSPS) is 25.7. The third-order valence-corrected chi connectivity index (χ3v) is 2.58. The number of methoxy groups -OCH3 is 1. The van der Waals surface area contributed by atoms with E-state index in [0.29, 0.717) is 32.7 Å². The Morgan fingerprint density at radius 2 is 2.47 bits per heavy atom. The second kappa shape index (κ2) is 5.29. The zero-order valence-corrected chi connectivity index (χ0v) is 9.03. The van der Waals surface area contributed by atoms with Gasteiger partial charge in [-0.05, 0) is 6.42 Å². The predicted octanol–water partition coefficient (Wildman–Crippen LogP) is -1.26. The first-order chi connectivity index (χ1) is 7.11. The molecule has 0 aromatic carbocycles. The first-order valence-electron chi connectivity index (χ1n) is 5.05. The van der Waals surface area contributed by atoms with Gasteiger partial charge in [-0.1, -0.05) is 0 Å². The van der Waals surface area contributed by atoms with Crippen LogP contribution < -0.4 is 11.1 Å². The van der Waals surface area contributed by atoms with Gasteiger partial charge in [0.05, 0.1) is 18.8 Å². The second-order valence-corrected chi connectivity index (χ2v) is 3.82. The van der Waals surface area contributed by atoms with Crippen molar-refractivity contribution in [2.75, 3.05) is 39.9 Å². The Labute approximate surface area is 89.4 Å². The van der Waals surface area contributed by atoms with Crippen LogP contribution in [0.25, 0.3) is 0 Å². The van der Waals surface area contributed by atoms with Gasteiger partial charge >= 0.3 is 6.03 Å². The molecule has 1 aliphatic heterocycles. The van der Waals surface area contributed by atoms with E-state index >= 15 is 0 Å². The fourth-order valence-electron chi connectivity index (χ4n) is 1.57. The average Bonchev–Trinajstić information content (AvgIpc) is 2.62. The lowest BCUT2D eigenvalue weighted by atomic mass is 10.0. The largest absolute Gasteiger partial charge is 0.387 e. The summed E-state index contributed by atoms with van der Waals surface area (Å²) in [6, 6.07) is -0.170. The quantitative estimate of drug-likeness (QED) is 0.513. The molecule has 1 saturated heterocycles. The van der Waals surface area contributed by atoms with Gasteiger partial charge in [-0.25, -0.2) is 4.79 Å². The van der Waals surface area contributed by atoms with E-state index in [2.05, 4.69) is 5.32 Å². The molecular weight excluding hydrogens is 198 g/mol. The summed E-state index contributed by atoms with van der Waals surface area (Å²) < 4.78 is 4.81. The Balaban J connectivity index is 2.30. The molecule has 0 aromatic rings. The van der Waals surface area contributed by atoms with Gasteiger partial charge in [0.15, 0.2) is 0 Å². The lowest BCUT2D eigenvalue weighted by Crippen LogP contribution is -2.45. The van der Waals surface area contributed by atoms with Gasteiger partial charge in [0, 0.05) is 26.7 Å². The second-order valence-electron chi connectivity index (χ2n) is 3.82. The predicted molar refractivity (Wildman–Crippen MR) is 55.5 cm³/mol. The standard InChI is InChI=1S/C9H19N3O3/c1-15-5-3-11-8(13)12-4-2-9(14,6-10)7-12/h14H,2-7,10H2,1H3,(H,11,13). The van der Waals surface area contributed by atoms with Crippen molar-refractivity contribution >= 4 is 6.03 Å². The first-order valence-corrected chi connectivity index (χ1v) is 5.05. The molecule has 0 aromatic heterocycles. The highest BCUT2D eigenvalue weighted by Gasteiger charge is 2.36. The molecule has 0 saturated carbocycles. The monoisotopic (exact) mass is 217 g/mol. The molecule has 1 heterocycles. The number of hydrogen-bond acceptors (Lipinski definition) is 4. The average molecular weight is 217 g/mol. The van der Waals surface area contributed by atoms with Crippen LogP contribution in [0.1, 0.15) is 6.42 Å². The van der Waals surface area contributed by atoms with Gasteiger partial charge in [-0.3, -0.25) is 0 Å². The zero-order chi connectivity index (χ0) is 11.3. The molecule has 6 nitrogen and oxygen atoms in total. The molecule has 2 amide bonds. The number of ether oxygens (including phenoxy) is 1. The summed E-state index contributed by atoms with van der Waals surface area (Å²) in [4.78, 5) is 13.1. The lowest BCUT2D eigenvalue weighted by molar-refractivity contribution is 0.0611. The van der Waals surface area contributed by atoms with Crippen molar-refractivity contribution < 1.29 is 14.6 Å². The van der Waals surface area contributed by atoms with Gasteiger partial charge in [-0.2, -0.15) is 0 Å². The number of hydrogen-bond donors (Lipinski definition) is 3. The van der Waals surface area contributed by atoms with Crippen LogP contribution in [0.15, 0.2) is 0 Å². The summed E-state index contributed by atoms with van der Waals surface area (Å²) in [6.07, 6.45) is 0.543. The summed E-state index contributed by atoms with van der Waals surface area (Å²) in [5, 5.41) is 12.5. The topological polar surface area (TPSA) is 87.8 Å². The lowest BCUT2D eigenvalue weighted by Gasteiger charge is -2.21. The molecule has 0 bridgehead atoms. The third kappa shape index (κ3) is 3.33. The van der Waals surface area contributed by atoms with Gasteiger partial charge < -0.3 is 25.8 Å². The summed E-state index contributed by atoms with van der Waals surface area (Å²) in [6.45, 7) is 2.01. The van der Waals surface area contributed by atoms with Crippen LogP contribution in [0.3, 0.4) is 0 Å². The fourth-order valence-corrected chi connectivity index (χ4v) is 1.57. The molecule has 0 radical (unpaired) electrons. The molecule has 6 heteroatoms. The van der Waals surface area contributed by atoms with E-state index in [9.17, 15) is 9.90 Å². The molecule has 0 aliphatic carbocycles. The zero-order valence-electron chi connectivity index (χ0n) is 9.03. The summed E-state index contributed by atoms with van der Waals surface area (Å²) >= 11 is 0. The van der Waals surface area contributed by atoms with E-state index in [1.807, 2.05) is 0 Å². The van der Waals surface area contributed by atoms with Gasteiger partial charge in [0.25, 0.3) is 0 Å². The summed E-state index contributed by atoms with van der Waals surface area (Å²) in [5.41, 5.74) is 4.52. The van der Waals surface area contributed by atoms with Crippen LogP contribution in [0.4, 0.5) is 4.79 Å². The van der Waals surface area contributed by atoms with Gasteiger partial charge in [-0.15, -0.1) is 0 Å². The number of urea groups is 1. The van der Waals surface area contributed by atoms with Crippen molar-refractivity contribution in [2.24, 2.45) is 5.73 Å². The Morgan fingerprint density at radius 3 is 3.00 bits per heavy atom. The molecule has 1 atom stereocenters. The van der Waals surface area contributed by atoms with Crippen LogP contribution in [-0.4, -0.2) is 61.5 Å². The number of rotatable bonds is 4. The minimum atomic E-state index is -0.904. The highest BCUT2D eigenvalue weighted by Crippen LogP contribution is 2.19. The van der Waals surface area contributed by atoms with Gasteiger partial charge in [0.2, 0.25) is 0 Å². The van der Waals surface area contributed by atoms with E-state index in [0.717, 1.165) is 0 Å². The number of nitrogens with zero attached hydrogens (tertiary/aromatic N) is 1. The van der Waals surface area contributed by atoms with Crippen LogP contribution in [0.5, 0.6) is 0 Å². The SMILES string of the molecule is COCCNC(=O)N1CCC(O)(CN)C1. The number of likely N-dealkylation sites (tertiary alicyclic amines) is 1. The highest BCUT2D eigenvalue weighted by molar-refractivity contribution is 5.74. The molecule has 88 valence electrons. The third-order valence-electron chi connectivity index (χ3n) is 2.58. The smallest absolute Gasteiger partial charge is 0.317 e. The van der Waals surface area contributed by atoms with E-state index in [1.54, 1.807) is 12.0 Å². The molecule has 1 unspecified atom stereocenters. The number of amides is 2. The van der Waals surface area contributed by atoms with Crippen LogP contribution in [-0.2, 0) is 4.74 Å². The number of carbonyl (C=O) groups excluding carboxylic acids is 1. The van der Waals surface area contributed by atoms with E-state index in [-0.39, 0.29) is 12.6 Å². The summed E-state index contributed by atoms with van der Waals surface area (Å²) in [5.74, 6) is 0. The van der Waals surface area contributed by atoms with Gasteiger partial charge in [0.1, 0.15) is 0 Å². The maximum Gasteiger partial charge on any atom is 0.317 e. The fraction of sp³-hybridized carbons (Fsp3) is 0.889. The Morgan fingerprint density at radius 1 is 1.73 bits per heavy atom. The highest BCUT2D eigenvalue weighted by atomic mass is 16.5. The van der Waals surface area contributed by atoms with E-state index < -0.39 is 5.60 Å². The minimum Gasteiger partial charge on any atom is -0.387 e. The maximum absolute atomic E-state index is 11.5. The Kier molecular flexibility index (Phi) is 4.31. The first kappa shape index (κ1) is 12.2. The number of nitrogens with two attached hydrogens (primary N) is 1. The molecular formula is C9H19N3O3. The Hall–Kier alpha value is -0.850. The van der Waals surface area contributed by atoms with Crippen molar-refractivity contribution in [3.05, 3.63) is 0 Å². The molecule has 1 rings (SSSR count). The summed E-state index contributed by atoms with van der Waals surface area (Å²) in [7, 11) is 1.58. The molecule has 1 fully saturated rings. The molecule has 0 spiro atoms. The molecule has 4 N–H and O–H groups in total. The van der Waals surface area contributed by atoms with E-state index in [1.165, 1.54) is 0 Å². The number of aliphatic hydroxyl groups is 1. The molecule has 15 heavy (non-hydrogen) atoms. The number of carbonyl (C=O) groups is 1. The minimum absolute atomic E-state index is 0.170. The van der Waals surface area contributed by atoms with Crippen molar-refractivity contribution in [2.45, 2.75) is 12.0 Å². The molecule has 1 aliphatic rings. The number of nitrogens with one attached hydrogen (secondary N) is 1. The van der Waals surface area contributed by atoms with Crippen LogP contribution >= 0.6 is 0 Å². The van der Waals surface area contributed by atoms with Crippen LogP contribution in [0, 0.1) is 0 Å². The van der Waals surface area contributed by atoms with E-state index in [4.69, 9.17) is 10.5 Å². The number of β-amino-alcohol motifs (C(OH)–C–C–N with tert-alkyl or cyclic N) is 1. The maximum atomic E-state index is 11.5. The van der Waals surface area contributed by atoms with Crippen LogP contribution in [0.2, 0.25) is 0 Å². The van der Waals surface area contributed by atoms with Crippen molar-refractivity contribution in [3.63, 3.8) is 0 Å².